The first-order valence-electron chi connectivity index (χ1n) is 11.0. The third-order valence-electron chi connectivity index (χ3n) is 4.95. The summed E-state index contributed by atoms with van der Waals surface area (Å²) in [5.74, 6) is 0.981. The number of morpholine rings is 1. The number of hydrogen-bond acceptors (Lipinski definition) is 9. The Morgan fingerprint density at radius 3 is 2.28 bits per heavy atom. The molecular formula is C21H34N8O3. The number of ether oxygens (including phenoxy) is 1. The highest BCUT2D eigenvalue weighted by molar-refractivity contribution is 5.73. The molecule has 4 rings (SSSR count). The van der Waals surface area contributed by atoms with Gasteiger partial charge >= 0.3 is 0 Å². The Balaban J connectivity index is 0.000000277. The molecule has 2 fully saturated rings. The van der Waals surface area contributed by atoms with Gasteiger partial charge in [-0.2, -0.15) is 4.98 Å². The summed E-state index contributed by atoms with van der Waals surface area (Å²) in [5.41, 5.74) is 11.9. The van der Waals surface area contributed by atoms with Crippen LogP contribution in [0.4, 0.5) is 17.7 Å². The van der Waals surface area contributed by atoms with Crippen LogP contribution in [0.2, 0.25) is 0 Å². The molecule has 5 N–H and O–H groups in total. The zero-order chi connectivity index (χ0) is 23.5. The highest BCUT2D eigenvalue weighted by Gasteiger charge is 2.16. The quantitative estimate of drug-likeness (QED) is 0.618. The van der Waals surface area contributed by atoms with Gasteiger partial charge in [0.1, 0.15) is 5.82 Å². The number of nitrogen functional groups attached to an aromatic ring is 2. The molecule has 0 atom stereocenters. The van der Waals surface area contributed by atoms with Gasteiger partial charge in [-0.1, -0.05) is 13.8 Å². The van der Waals surface area contributed by atoms with Gasteiger partial charge in [0.15, 0.2) is 0 Å². The lowest BCUT2D eigenvalue weighted by Gasteiger charge is -2.27. The third-order valence-corrected chi connectivity index (χ3v) is 4.95. The monoisotopic (exact) mass is 446 g/mol. The number of carbonyl (C=O) groups is 1. The molecule has 11 nitrogen and oxygen atoms in total. The zero-order valence-electron chi connectivity index (χ0n) is 19.1. The summed E-state index contributed by atoms with van der Waals surface area (Å²) in [7, 11) is 0. The summed E-state index contributed by atoms with van der Waals surface area (Å²) in [6, 6.07) is 1.36. The molecule has 1 amide bonds. The summed E-state index contributed by atoms with van der Waals surface area (Å²) < 4.78 is 5.28. The molecule has 0 aliphatic carbocycles. The van der Waals surface area contributed by atoms with E-state index >= 15 is 0 Å². The first-order valence-corrected chi connectivity index (χ1v) is 11.0. The van der Waals surface area contributed by atoms with Crippen molar-refractivity contribution in [2.75, 3.05) is 55.8 Å². The molecule has 2 aromatic rings. The molecular weight excluding hydrogens is 412 g/mol. The topological polar surface area (TPSA) is 156 Å². The second-order valence-electron chi connectivity index (χ2n) is 7.15. The van der Waals surface area contributed by atoms with Crippen molar-refractivity contribution in [2.45, 2.75) is 40.0 Å². The van der Waals surface area contributed by atoms with Crippen molar-refractivity contribution in [3.05, 3.63) is 22.6 Å². The van der Waals surface area contributed by atoms with Crippen LogP contribution in [0.25, 0.3) is 11.3 Å². The van der Waals surface area contributed by atoms with E-state index < -0.39 is 0 Å². The van der Waals surface area contributed by atoms with Crippen molar-refractivity contribution in [2.24, 2.45) is 0 Å². The van der Waals surface area contributed by atoms with E-state index in [0.29, 0.717) is 43.5 Å². The summed E-state index contributed by atoms with van der Waals surface area (Å²) >= 11 is 0. The van der Waals surface area contributed by atoms with E-state index in [0.717, 1.165) is 13.1 Å². The van der Waals surface area contributed by atoms with Crippen LogP contribution in [-0.4, -0.2) is 70.1 Å². The van der Waals surface area contributed by atoms with Crippen LogP contribution in [0.15, 0.2) is 17.1 Å². The minimum atomic E-state index is -0.266. The second-order valence-corrected chi connectivity index (χ2v) is 7.15. The zero-order valence-corrected chi connectivity index (χ0v) is 19.1. The number of nitrogens with two attached hydrogens (primary N) is 2. The fourth-order valence-electron chi connectivity index (χ4n) is 3.32. The van der Waals surface area contributed by atoms with Gasteiger partial charge < -0.3 is 26.0 Å². The Hall–Kier alpha value is -3.21. The first-order chi connectivity index (χ1) is 15.4. The predicted octanol–water partition coefficient (Wildman–Crippen LogP) is 1.27. The second kappa shape index (κ2) is 12.6. The smallest absolute Gasteiger partial charge is 0.252 e. The third kappa shape index (κ3) is 7.19. The SMILES string of the molecule is CC.CC(=O)N1CCCCC1.Nc1ncc(-c2cc(=O)[nH]c(N3CCOCC3)n2)c(N)n1. The lowest BCUT2D eigenvalue weighted by atomic mass is 10.1. The maximum Gasteiger partial charge on any atom is 0.252 e. The summed E-state index contributed by atoms with van der Waals surface area (Å²) in [6.45, 7) is 10.1. The Morgan fingerprint density at radius 1 is 1.06 bits per heavy atom. The normalized spacial score (nSPS) is 15.7. The van der Waals surface area contributed by atoms with Gasteiger partial charge in [0, 0.05) is 45.4 Å². The lowest BCUT2D eigenvalue weighted by Crippen LogP contribution is -2.38. The Labute approximate surface area is 188 Å². The highest BCUT2D eigenvalue weighted by Crippen LogP contribution is 2.22. The summed E-state index contributed by atoms with van der Waals surface area (Å²) in [4.78, 5) is 41.4. The number of likely N-dealkylation sites (tertiary alicyclic amines) is 1. The molecule has 0 aromatic carbocycles. The molecule has 2 aliphatic heterocycles. The van der Waals surface area contributed by atoms with Crippen LogP contribution < -0.4 is 21.9 Å². The first kappa shape index (κ1) is 25.1. The molecule has 2 aromatic heterocycles. The number of H-pyrrole nitrogens is 1. The minimum absolute atomic E-state index is 0.0782. The van der Waals surface area contributed by atoms with Crippen LogP contribution in [0.3, 0.4) is 0 Å². The Morgan fingerprint density at radius 2 is 1.72 bits per heavy atom. The van der Waals surface area contributed by atoms with Crippen molar-refractivity contribution < 1.29 is 9.53 Å². The number of amides is 1. The van der Waals surface area contributed by atoms with E-state index in [1.807, 2.05) is 23.6 Å². The van der Waals surface area contributed by atoms with Gasteiger partial charge in [-0.15, -0.1) is 0 Å². The highest BCUT2D eigenvalue weighted by atomic mass is 16.5. The number of anilines is 3. The Kier molecular flexibility index (Phi) is 9.86. The number of piperidine rings is 1. The molecule has 0 bridgehead atoms. The van der Waals surface area contributed by atoms with Gasteiger partial charge in [-0.25, -0.2) is 9.97 Å². The molecule has 0 unspecified atom stereocenters. The molecule has 2 saturated heterocycles. The van der Waals surface area contributed by atoms with E-state index in [9.17, 15) is 9.59 Å². The van der Waals surface area contributed by atoms with Crippen LogP contribution in [0.1, 0.15) is 40.0 Å². The molecule has 11 heteroatoms. The molecule has 176 valence electrons. The molecule has 4 heterocycles. The Bertz CT molecular complexity index is 922. The van der Waals surface area contributed by atoms with E-state index in [1.54, 1.807) is 6.92 Å². The fraction of sp³-hybridized carbons (Fsp3) is 0.571. The number of aromatic amines is 1. The summed E-state index contributed by atoms with van der Waals surface area (Å²) in [6.07, 6.45) is 5.14. The molecule has 0 radical (unpaired) electrons. The average molecular weight is 447 g/mol. The number of nitrogens with zero attached hydrogens (tertiary/aromatic N) is 5. The number of hydrogen-bond donors (Lipinski definition) is 3. The number of carbonyl (C=O) groups excluding carboxylic acids is 1. The van der Waals surface area contributed by atoms with Gasteiger partial charge in [0.05, 0.1) is 24.5 Å². The molecule has 0 saturated carbocycles. The largest absolute Gasteiger partial charge is 0.383 e. The van der Waals surface area contributed by atoms with Gasteiger partial charge in [0.2, 0.25) is 17.8 Å². The van der Waals surface area contributed by atoms with E-state index in [2.05, 4.69) is 19.9 Å². The lowest BCUT2D eigenvalue weighted by molar-refractivity contribution is -0.129. The minimum Gasteiger partial charge on any atom is -0.383 e. The molecule has 0 spiro atoms. The summed E-state index contributed by atoms with van der Waals surface area (Å²) in [5, 5.41) is 0. The predicted molar refractivity (Wildman–Crippen MR) is 125 cm³/mol. The standard InChI is InChI=1S/C12H15N7O2.C7H13NO.C2H6/c13-10-7(6-15-11(14)18-10)8-5-9(20)17-12(16-8)19-1-3-21-4-2-19;1-7(9)8-5-3-2-4-6-8;1-2/h5-6H,1-4H2,(H,16,17,20)(H4,13,14,15,18);2-6H2,1H3;1-2H3. The van der Waals surface area contributed by atoms with Crippen molar-refractivity contribution in [3.8, 4) is 11.3 Å². The maximum absolute atomic E-state index is 11.8. The van der Waals surface area contributed by atoms with Crippen LogP contribution in [0, 0.1) is 0 Å². The van der Waals surface area contributed by atoms with Crippen molar-refractivity contribution in [1.82, 2.24) is 24.8 Å². The fourth-order valence-corrected chi connectivity index (χ4v) is 3.32. The average Bonchev–Trinajstić information content (AvgIpc) is 2.81. The van der Waals surface area contributed by atoms with Gasteiger partial charge in [0.25, 0.3) is 5.56 Å². The molecule has 2 aliphatic rings. The number of nitrogens with one attached hydrogen (secondary N) is 1. The van der Waals surface area contributed by atoms with Crippen molar-refractivity contribution in [3.63, 3.8) is 0 Å². The van der Waals surface area contributed by atoms with Crippen LogP contribution >= 0.6 is 0 Å². The molecule has 32 heavy (non-hydrogen) atoms. The number of aromatic nitrogens is 4. The van der Waals surface area contributed by atoms with Gasteiger partial charge in [-0.3, -0.25) is 14.6 Å². The van der Waals surface area contributed by atoms with Crippen molar-refractivity contribution in [1.29, 1.82) is 0 Å². The van der Waals surface area contributed by atoms with E-state index in [4.69, 9.17) is 16.2 Å². The van der Waals surface area contributed by atoms with Gasteiger partial charge in [-0.05, 0) is 19.3 Å². The maximum atomic E-state index is 11.8. The number of rotatable bonds is 2. The van der Waals surface area contributed by atoms with E-state index in [1.165, 1.54) is 31.5 Å². The van der Waals surface area contributed by atoms with Crippen LogP contribution in [0.5, 0.6) is 0 Å². The van der Waals surface area contributed by atoms with E-state index in [-0.39, 0.29) is 23.2 Å². The van der Waals surface area contributed by atoms with Crippen LogP contribution in [-0.2, 0) is 9.53 Å². The van der Waals surface area contributed by atoms with Crippen molar-refractivity contribution >= 4 is 23.6 Å².